The van der Waals surface area contributed by atoms with Crippen LogP contribution in [0.4, 0.5) is 0 Å². The number of nitrogens with zero attached hydrogens (tertiary/aromatic N) is 2. The lowest BCUT2D eigenvalue weighted by Gasteiger charge is -2.34. The first-order valence-corrected chi connectivity index (χ1v) is 11.5. The van der Waals surface area contributed by atoms with Crippen LogP contribution in [0, 0.1) is 0 Å². The first-order chi connectivity index (χ1) is 15.6. The number of Topliss-reactive ketones (excluding diaryl/α,β-unsaturated/α-hetero) is 2. The highest BCUT2D eigenvalue weighted by Gasteiger charge is 2.30. The molecule has 0 aromatic heterocycles. The van der Waals surface area contributed by atoms with E-state index < -0.39 is 0 Å². The van der Waals surface area contributed by atoms with Gasteiger partial charge in [0.05, 0.1) is 5.57 Å². The number of rotatable bonds is 6. The fraction of sp³-hybridized carbons (Fsp3) is 0.370. The van der Waals surface area contributed by atoms with E-state index in [0.717, 1.165) is 56.7 Å². The van der Waals surface area contributed by atoms with Crippen molar-refractivity contribution in [3.8, 4) is 0 Å². The van der Waals surface area contributed by atoms with Gasteiger partial charge in [-0.3, -0.25) is 19.3 Å². The fourth-order valence-corrected chi connectivity index (χ4v) is 4.58. The summed E-state index contributed by atoms with van der Waals surface area (Å²) >= 11 is 0. The topological polar surface area (TPSA) is 57.7 Å². The van der Waals surface area contributed by atoms with E-state index in [2.05, 4.69) is 4.90 Å². The molecule has 1 aliphatic heterocycles. The Morgan fingerprint density at radius 3 is 2.06 bits per heavy atom. The lowest BCUT2D eigenvalue weighted by molar-refractivity contribution is -0.124. The average molecular weight is 431 g/mol. The third kappa shape index (κ3) is 5.40. The molecule has 4 rings (SSSR count). The predicted molar refractivity (Wildman–Crippen MR) is 125 cm³/mol. The van der Waals surface area contributed by atoms with Gasteiger partial charge in [0.1, 0.15) is 0 Å². The van der Waals surface area contributed by atoms with Crippen molar-refractivity contribution in [1.29, 1.82) is 0 Å². The molecule has 1 amide bonds. The normalized spacial score (nSPS) is 19.8. The van der Waals surface area contributed by atoms with Gasteiger partial charge < -0.3 is 4.90 Å². The summed E-state index contributed by atoms with van der Waals surface area (Å²) in [7, 11) is 0. The average Bonchev–Trinajstić information content (AvgIpc) is 2.84. The number of amides is 1. The number of hydrogen-bond donors (Lipinski definition) is 0. The second kappa shape index (κ2) is 10.5. The van der Waals surface area contributed by atoms with Crippen LogP contribution in [0.1, 0.15) is 47.5 Å². The number of unbranched alkanes of at least 4 members (excludes halogenated alkanes) is 1. The summed E-state index contributed by atoms with van der Waals surface area (Å²) in [6.45, 7) is 4.07. The molecule has 2 aliphatic rings. The van der Waals surface area contributed by atoms with Gasteiger partial charge in [0.25, 0.3) is 5.91 Å². The van der Waals surface area contributed by atoms with Crippen molar-refractivity contribution in [2.24, 2.45) is 0 Å². The van der Waals surface area contributed by atoms with Crippen molar-refractivity contribution in [2.75, 3.05) is 32.7 Å². The van der Waals surface area contributed by atoms with E-state index in [-0.39, 0.29) is 23.4 Å². The minimum absolute atomic E-state index is 0.00300. The Kier molecular flexibility index (Phi) is 7.28. The molecule has 5 heteroatoms. The lowest BCUT2D eigenvalue weighted by Crippen LogP contribution is -2.48. The van der Waals surface area contributed by atoms with Crippen LogP contribution in [0.3, 0.4) is 0 Å². The molecule has 166 valence electrons. The minimum Gasteiger partial charge on any atom is -0.336 e. The van der Waals surface area contributed by atoms with Crippen molar-refractivity contribution >= 4 is 17.5 Å². The van der Waals surface area contributed by atoms with Gasteiger partial charge in [-0.2, -0.15) is 0 Å². The number of benzene rings is 2. The molecule has 1 saturated heterocycles. The van der Waals surface area contributed by atoms with Crippen molar-refractivity contribution < 1.29 is 14.4 Å². The summed E-state index contributed by atoms with van der Waals surface area (Å²) in [6.07, 6.45) is 4.31. The largest absolute Gasteiger partial charge is 0.336 e. The van der Waals surface area contributed by atoms with Gasteiger partial charge in [-0.15, -0.1) is 0 Å². The number of carbonyl (C=O) groups excluding carboxylic acids is 3. The Balaban J connectivity index is 1.20. The van der Waals surface area contributed by atoms with Crippen molar-refractivity contribution in [3.05, 3.63) is 83.4 Å². The molecule has 2 aromatic carbocycles. The Hall–Kier alpha value is -3.05. The van der Waals surface area contributed by atoms with Crippen LogP contribution in [0.15, 0.2) is 72.3 Å². The maximum absolute atomic E-state index is 12.6. The zero-order valence-electron chi connectivity index (χ0n) is 18.4. The van der Waals surface area contributed by atoms with E-state index in [1.165, 1.54) is 0 Å². The molecule has 32 heavy (non-hydrogen) atoms. The Morgan fingerprint density at radius 1 is 0.844 bits per heavy atom. The van der Waals surface area contributed by atoms with Gasteiger partial charge >= 0.3 is 0 Å². The molecule has 0 bridgehead atoms. The summed E-state index contributed by atoms with van der Waals surface area (Å²) in [5.41, 5.74) is 2.21. The van der Waals surface area contributed by atoms with Crippen molar-refractivity contribution in [2.45, 2.75) is 31.6 Å². The number of hydrogen-bond acceptors (Lipinski definition) is 4. The summed E-state index contributed by atoms with van der Waals surface area (Å²) in [4.78, 5) is 41.9. The smallest absolute Gasteiger partial charge is 0.253 e. The molecule has 2 fully saturated rings. The van der Waals surface area contributed by atoms with Gasteiger partial charge in [0, 0.05) is 44.6 Å². The first-order valence-electron chi connectivity index (χ1n) is 11.5. The molecule has 1 heterocycles. The maximum Gasteiger partial charge on any atom is 0.253 e. The van der Waals surface area contributed by atoms with E-state index >= 15 is 0 Å². The van der Waals surface area contributed by atoms with Gasteiger partial charge in [-0.1, -0.05) is 54.6 Å². The first kappa shape index (κ1) is 22.2. The van der Waals surface area contributed by atoms with Gasteiger partial charge in [-0.25, -0.2) is 0 Å². The summed E-state index contributed by atoms with van der Waals surface area (Å²) in [5.74, 6) is 0.0487. The van der Waals surface area contributed by atoms with Crippen molar-refractivity contribution in [1.82, 2.24) is 9.80 Å². The van der Waals surface area contributed by atoms with Crippen LogP contribution in [0.2, 0.25) is 0 Å². The molecule has 0 radical (unpaired) electrons. The van der Waals surface area contributed by atoms with E-state index in [1.54, 1.807) is 0 Å². The summed E-state index contributed by atoms with van der Waals surface area (Å²) in [6, 6.07) is 19.3. The number of piperazine rings is 1. The molecule has 0 N–H and O–H groups in total. The molecule has 0 spiro atoms. The Morgan fingerprint density at radius 2 is 1.44 bits per heavy atom. The van der Waals surface area contributed by atoms with Gasteiger partial charge in [0.15, 0.2) is 11.6 Å². The Bertz CT molecular complexity index is 956. The molecule has 1 saturated carbocycles. The summed E-state index contributed by atoms with van der Waals surface area (Å²) in [5, 5.41) is 0. The Labute approximate surface area is 189 Å². The standard InChI is InChI=1S/C27H30N2O3/c30-25-19-23(21-9-3-1-4-10-21)20-26(31)24(25)13-7-8-14-28-15-17-29(18-16-28)27(32)22-11-5-2-6-12-22/h1-6,9-13,23H,7-8,14-20H2. The zero-order chi connectivity index (χ0) is 22.3. The summed E-state index contributed by atoms with van der Waals surface area (Å²) < 4.78 is 0. The number of ketones is 2. The molecule has 1 aliphatic carbocycles. The molecule has 0 unspecified atom stereocenters. The highest BCUT2D eigenvalue weighted by Crippen LogP contribution is 2.31. The molecule has 5 nitrogen and oxygen atoms in total. The number of allylic oxidation sites excluding steroid dienone is 2. The van der Waals surface area contributed by atoms with Crippen LogP contribution in [-0.2, 0) is 9.59 Å². The number of carbonyl (C=O) groups is 3. The van der Waals surface area contributed by atoms with E-state index in [9.17, 15) is 14.4 Å². The second-order valence-corrected chi connectivity index (χ2v) is 8.62. The molecule has 0 atom stereocenters. The van der Waals surface area contributed by atoms with Crippen LogP contribution >= 0.6 is 0 Å². The predicted octanol–water partition coefficient (Wildman–Crippen LogP) is 3.87. The van der Waals surface area contributed by atoms with Gasteiger partial charge in [0.2, 0.25) is 0 Å². The fourth-order valence-electron chi connectivity index (χ4n) is 4.58. The minimum atomic E-state index is -0.0249. The van der Waals surface area contributed by atoms with Gasteiger partial charge in [-0.05, 0) is 43.0 Å². The quantitative estimate of drug-likeness (QED) is 0.397. The van der Waals surface area contributed by atoms with Crippen LogP contribution < -0.4 is 0 Å². The van der Waals surface area contributed by atoms with Crippen LogP contribution in [0.25, 0.3) is 0 Å². The van der Waals surface area contributed by atoms with E-state index in [0.29, 0.717) is 18.4 Å². The highest BCUT2D eigenvalue weighted by atomic mass is 16.2. The SMILES string of the molecule is O=C1CC(c2ccccc2)CC(=O)C1=CCCCN1CCN(C(=O)c2ccccc2)CC1. The maximum atomic E-state index is 12.6. The molecular weight excluding hydrogens is 400 g/mol. The zero-order valence-corrected chi connectivity index (χ0v) is 18.4. The lowest BCUT2D eigenvalue weighted by atomic mass is 9.79. The second-order valence-electron chi connectivity index (χ2n) is 8.62. The van der Waals surface area contributed by atoms with Crippen LogP contribution in [0.5, 0.6) is 0 Å². The monoisotopic (exact) mass is 430 g/mol. The third-order valence-corrected chi connectivity index (χ3v) is 6.44. The van der Waals surface area contributed by atoms with E-state index in [1.807, 2.05) is 71.6 Å². The van der Waals surface area contributed by atoms with Crippen molar-refractivity contribution in [3.63, 3.8) is 0 Å². The third-order valence-electron chi connectivity index (χ3n) is 6.44. The molecular formula is C27H30N2O3. The van der Waals surface area contributed by atoms with Crippen LogP contribution in [-0.4, -0.2) is 60.0 Å². The van der Waals surface area contributed by atoms with E-state index in [4.69, 9.17) is 0 Å². The highest BCUT2D eigenvalue weighted by molar-refractivity contribution is 6.22. The molecule has 2 aromatic rings.